The van der Waals surface area contributed by atoms with Crippen LogP contribution in [0.3, 0.4) is 0 Å². The highest BCUT2D eigenvalue weighted by Gasteiger charge is 2.16. The van der Waals surface area contributed by atoms with Crippen LogP contribution >= 0.6 is 0 Å². The smallest absolute Gasteiger partial charge is 0.230 e. The fraction of sp³-hybridized carbons (Fsp3) is 0.105. The van der Waals surface area contributed by atoms with Crippen molar-refractivity contribution in [3.8, 4) is 17.2 Å². The second kappa shape index (κ2) is 6.24. The summed E-state index contributed by atoms with van der Waals surface area (Å²) in [5.74, 6) is 1.49. The van der Waals surface area contributed by atoms with E-state index in [0.717, 1.165) is 16.6 Å². The van der Waals surface area contributed by atoms with E-state index in [0.29, 0.717) is 23.2 Å². The second-order valence-electron chi connectivity index (χ2n) is 5.64. The number of benzene rings is 2. The molecule has 0 radical (unpaired) electrons. The van der Waals surface area contributed by atoms with E-state index < -0.39 is 0 Å². The van der Waals surface area contributed by atoms with Gasteiger partial charge in [0.2, 0.25) is 11.8 Å². The molecule has 0 spiro atoms. The topological polar surface area (TPSA) is 73.1 Å². The van der Waals surface area contributed by atoms with Crippen LogP contribution in [-0.4, -0.2) is 22.2 Å². The lowest BCUT2D eigenvalue weighted by atomic mass is 10.1. The number of fused-ring (bicyclic) bond motifs is 1. The maximum atomic E-state index is 5.39. The number of hydrogen-bond donors (Lipinski definition) is 1. The van der Waals surface area contributed by atoms with Gasteiger partial charge in [0.1, 0.15) is 5.56 Å². The van der Waals surface area contributed by atoms with Crippen LogP contribution in [0.1, 0.15) is 5.56 Å². The standard InChI is InChI=1S/C19H16N4O2/c1-12-10-21-25-17(12)16-11-20-19(23-18(16)24-2)22-15-8-7-13-5-3-4-6-14(13)9-15/h3-11H,1-2H3,(H,20,22,23). The number of anilines is 2. The molecule has 1 N–H and O–H groups in total. The first-order valence-corrected chi connectivity index (χ1v) is 7.83. The summed E-state index contributed by atoms with van der Waals surface area (Å²) < 4.78 is 10.7. The van der Waals surface area contributed by atoms with Crippen molar-refractivity contribution in [1.82, 2.24) is 15.1 Å². The van der Waals surface area contributed by atoms with Crippen molar-refractivity contribution in [3.63, 3.8) is 0 Å². The lowest BCUT2D eigenvalue weighted by molar-refractivity contribution is 0.392. The Morgan fingerprint density at radius 2 is 1.88 bits per heavy atom. The van der Waals surface area contributed by atoms with Crippen molar-refractivity contribution in [1.29, 1.82) is 0 Å². The van der Waals surface area contributed by atoms with E-state index in [4.69, 9.17) is 9.26 Å². The Hall–Kier alpha value is -3.41. The molecule has 124 valence electrons. The average molecular weight is 332 g/mol. The summed E-state index contributed by atoms with van der Waals surface area (Å²) in [4.78, 5) is 8.80. The third-order valence-corrected chi connectivity index (χ3v) is 3.95. The highest BCUT2D eigenvalue weighted by atomic mass is 16.5. The summed E-state index contributed by atoms with van der Waals surface area (Å²) in [5.41, 5.74) is 2.48. The quantitative estimate of drug-likeness (QED) is 0.599. The molecule has 25 heavy (non-hydrogen) atoms. The maximum absolute atomic E-state index is 5.39. The van der Waals surface area contributed by atoms with Gasteiger partial charge in [0, 0.05) is 17.4 Å². The van der Waals surface area contributed by atoms with Gasteiger partial charge in [-0.1, -0.05) is 35.5 Å². The summed E-state index contributed by atoms with van der Waals surface area (Å²) in [6, 6.07) is 14.3. The normalized spacial score (nSPS) is 10.8. The number of aryl methyl sites for hydroxylation is 1. The highest BCUT2D eigenvalue weighted by Crippen LogP contribution is 2.31. The predicted octanol–water partition coefficient (Wildman–Crippen LogP) is 4.35. The first-order valence-electron chi connectivity index (χ1n) is 7.83. The number of nitrogens with one attached hydrogen (secondary N) is 1. The zero-order valence-corrected chi connectivity index (χ0v) is 13.9. The number of aromatic nitrogens is 3. The van der Waals surface area contributed by atoms with Gasteiger partial charge in [-0.3, -0.25) is 0 Å². The molecule has 0 amide bonds. The lowest BCUT2D eigenvalue weighted by Gasteiger charge is -2.09. The van der Waals surface area contributed by atoms with Gasteiger partial charge >= 0.3 is 0 Å². The summed E-state index contributed by atoms with van der Waals surface area (Å²) in [5, 5.41) is 9.33. The summed E-state index contributed by atoms with van der Waals surface area (Å²) >= 11 is 0. The van der Waals surface area contributed by atoms with Crippen molar-refractivity contribution in [3.05, 3.63) is 60.4 Å². The molecule has 0 saturated heterocycles. The van der Waals surface area contributed by atoms with Crippen LogP contribution in [0.15, 0.2) is 59.4 Å². The molecule has 2 aromatic carbocycles. The molecule has 0 bridgehead atoms. The van der Waals surface area contributed by atoms with Gasteiger partial charge in [0.05, 0.1) is 13.3 Å². The average Bonchev–Trinajstić information content (AvgIpc) is 3.07. The Morgan fingerprint density at radius 3 is 2.64 bits per heavy atom. The molecule has 4 aromatic rings. The zero-order valence-electron chi connectivity index (χ0n) is 13.9. The molecule has 0 aliphatic rings. The van der Waals surface area contributed by atoms with Crippen LogP contribution < -0.4 is 10.1 Å². The van der Waals surface area contributed by atoms with Gasteiger partial charge in [-0.2, -0.15) is 4.98 Å². The van der Waals surface area contributed by atoms with Crippen LogP contribution in [0.25, 0.3) is 22.1 Å². The van der Waals surface area contributed by atoms with Crippen molar-refractivity contribution < 1.29 is 9.26 Å². The van der Waals surface area contributed by atoms with Gasteiger partial charge in [-0.05, 0) is 29.8 Å². The van der Waals surface area contributed by atoms with E-state index in [9.17, 15) is 0 Å². The Bertz CT molecular complexity index is 1040. The van der Waals surface area contributed by atoms with Gasteiger partial charge in [0.25, 0.3) is 0 Å². The molecule has 0 atom stereocenters. The SMILES string of the molecule is COc1nc(Nc2ccc3ccccc3c2)ncc1-c1oncc1C. The Morgan fingerprint density at radius 1 is 1.04 bits per heavy atom. The minimum Gasteiger partial charge on any atom is -0.480 e. The fourth-order valence-electron chi connectivity index (χ4n) is 2.68. The number of ether oxygens (including phenoxy) is 1. The molecule has 0 unspecified atom stereocenters. The monoisotopic (exact) mass is 332 g/mol. The van der Waals surface area contributed by atoms with Gasteiger partial charge in [-0.25, -0.2) is 4.98 Å². The number of nitrogens with zero attached hydrogens (tertiary/aromatic N) is 3. The van der Waals surface area contributed by atoms with Crippen LogP contribution in [0, 0.1) is 6.92 Å². The molecule has 0 saturated carbocycles. The molecular weight excluding hydrogens is 316 g/mol. The summed E-state index contributed by atoms with van der Waals surface area (Å²) in [6.45, 7) is 1.91. The van der Waals surface area contributed by atoms with Gasteiger partial charge < -0.3 is 14.6 Å². The molecule has 0 aliphatic carbocycles. The molecule has 6 nitrogen and oxygen atoms in total. The molecule has 2 aromatic heterocycles. The Kier molecular flexibility index (Phi) is 3.78. The Balaban J connectivity index is 1.67. The number of hydrogen-bond acceptors (Lipinski definition) is 6. The largest absolute Gasteiger partial charge is 0.480 e. The summed E-state index contributed by atoms with van der Waals surface area (Å²) in [7, 11) is 1.57. The van der Waals surface area contributed by atoms with E-state index in [1.807, 2.05) is 25.1 Å². The van der Waals surface area contributed by atoms with Crippen molar-refractivity contribution in [2.75, 3.05) is 12.4 Å². The van der Waals surface area contributed by atoms with Crippen molar-refractivity contribution >= 4 is 22.4 Å². The first-order chi connectivity index (χ1) is 12.2. The lowest BCUT2D eigenvalue weighted by Crippen LogP contribution is -2.00. The van der Waals surface area contributed by atoms with Crippen molar-refractivity contribution in [2.45, 2.75) is 6.92 Å². The minimum absolute atomic E-state index is 0.429. The van der Waals surface area contributed by atoms with Crippen LogP contribution in [0.4, 0.5) is 11.6 Å². The Labute approximate surface area is 144 Å². The van der Waals surface area contributed by atoms with Crippen LogP contribution in [0.2, 0.25) is 0 Å². The van der Waals surface area contributed by atoms with E-state index in [1.165, 1.54) is 5.39 Å². The van der Waals surface area contributed by atoms with Gasteiger partial charge in [-0.15, -0.1) is 0 Å². The van der Waals surface area contributed by atoms with Gasteiger partial charge in [0.15, 0.2) is 5.76 Å². The zero-order chi connectivity index (χ0) is 17.2. The molecule has 6 heteroatoms. The molecule has 0 fully saturated rings. The van der Waals surface area contributed by atoms with E-state index in [-0.39, 0.29) is 0 Å². The second-order valence-corrected chi connectivity index (χ2v) is 5.64. The molecule has 2 heterocycles. The van der Waals surface area contributed by atoms with E-state index in [1.54, 1.807) is 19.5 Å². The molecule has 0 aliphatic heterocycles. The molecular formula is C19H16N4O2. The van der Waals surface area contributed by atoms with E-state index >= 15 is 0 Å². The van der Waals surface area contributed by atoms with E-state index in [2.05, 4.69) is 44.7 Å². The maximum Gasteiger partial charge on any atom is 0.230 e. The third kappa shape index (κ3) is 2.89. The minimum atomic E-state index is 0.429. The van der Waals surface area contributed by atoms with Crippen LogP contribution in [0.5, 0.6) is 5.88 Å². The fourth-order valence-corrected chi connectivity index (χ4v) is 2.68. The highest BCUT2D eigenvalue weighted by molar-refractivity contribution is 5.86. The molecule has 4 rings (SSSR count). The third-order valence-electron chi connectivity index (χ3n) is 3.95. The van der Waals surface area contributed by atoms with Crippen LogP contribution in [-0.2, 0) is 0 Å². The van der Waals surface area contributed by atoms with Crippen molar-refractivity contribution in [2.24, 2.45) is 0 Å². The summed E-state index contributed by atoms with van der Waals surface area (Å²) in [6.07, 6.45) is 3.32. The number of rotatable bonds is 4. The number of methoxy groups -OCH3 is 1. The first kappa shape index (κ1) is 15.1. The predicted molar refractivity (Wildman–Crippen MR) is 96.0 cm³/mol.